The SMILES string of the molecule is CC(C)Oc1cccc(NC2CCSC2)c1[N+](=O)[O-]. The summed E-state index contributed by atoms with van der Waals surface area (Å²) in [7, 11) is 0. The van der Waals surface area contributed by atoms with Gasteiger partial charge in [0.2, 0.25) is 0 Å². The molecule has 104 valence electrons. The van der Waals surface area contributed by atoms with E-state index in [9.17, 15) is 10.1 Å². The van der Waals surface area contributed by atoms with Crippen molar-refractivity contribution in [3.8, 4) is 5.75 Å². The Morgan fingerprint density at radius 3 is 2.89 bits per heavy atom. The number of benzene rings is 1. The van der Waals surface area contributed by atoms with Crippen molar-refractivity contribution in [1.29, 1.82) is 0 Å². The van der Waals surface area contributed by atoms with Gasteiger partial charge in [0.25, 0.3) is 0 Å². The number of ether oxygens (including phenoxy) is 1. The minimum absolute atomic E-state index is 0.0353. The van der Waals surface area contributed by atoms with Gasteiger partial charge >= 0.3 is 5.69 Å². The van der Waals surface area contributed by atoms with Gasteiger partial charge in [-0.1, -0.05) is 6.07 Å². The largest absolute Gasteiger partial charge is 0.484 e. The van der Waals surface area contributed by atoms with Crippen molar-refractivity contribution in [3.63, 3.8) is 0 Å². The summed E-state index contributed by atoms with van der Waals surface area (Å²) in [5.41, 5.74) is 0.587. The Labute approximate surface area is 116 Å². The van der Waals surface area contributed by atoms with E-state index in [0.29, 0.717) is 17.5 Å². The molecule has 0 aliphatic carbocycles. The number of anilines is 1. The molecule has 2 rings (SSSR count). The Bertz CT molecular complexity index is 459. The summed E-state index contributed by atoms with van der Waals surface area (Å²) < 4.78 is 5.52. The third kappa shape index (κ3) is 3.53. The van der Waals surface area contributed by atoms with Crippen LogP contribution < -0.4 is 10.1 Å². The average molecular weight is 282 g/mol. The lowest BCUT2D eigenvalue weighted by atomic mass is 10.2. The molecular formula is C13H18N2O3S. The topological polar surface area (TPSA) is 64.4 Å². The molecule has 1 fully saturated rings. The van der Waals surface area contributed by atoms with Crippen molar-refractivity contribution in [2.75, 3.05) is 16.8 Å². The lowest BCUT2D eigenvalue weighted by Crippen LogP contribution is -2.19. The van der Waals surface area contributed by atoms with E-state index in [2.05, 4.69) is 5.32 Å². The number of rotatable bonds is 5. The Morgan fingerprint density at radius 2 is 2.32 bits per heavy atom. The van der Waals surface area contributed by atoms with Gasteiger partial charge in [0.05, 0.1) is 11.0 Å². The van der Waals surface area contributed by atoms with Gasteiger partial charge in [0, 0.05) is 11.8 Å². The van der Waals surface area contributed by atoms with Crippen molar-refractivity contribution in [1.82, 2.24) is 0 Å². The zero-order valence-corrected chi connectivity index (χ0v) is 11.9. The number of nitro benzene ring substituents is 1. The van der Waals surface area contributed by atoms with E-state index in [1.54, 1.807) is 18.2 Å². The zero-order chi connectivity index (χ0) is 13.8. The van der Waals surface area contributed by atoms with Crippen molar-refractivity contribution in [2.24, 2.45) is 0 Å². The molecule has 0 amide bonds. The molecule has 19 heavy (non-hydrogen) atoms. The van der Waals surface area contributed by atoms with Crippen LogP contribution in [0.4, 0.5) is 11.4 Å². The molecule has 1 aliphatic heterocycles. The van der Waals surface area contributed by atoms with Gasteiger partial charge < -0.3 is 10.1 Å². The summed E-state index contributed by atoms with van der Waals surface area (Å²) in [5, 5.41) is 14.5. The van der Waals surface area contributed by atoms with Gasteiger partial charge in [0.1, 0.15) is 5.69 Å². The van der Waals surface area contributed by atoms with Gasteiger partial charge in [0.15, 0.2) is 5.75 Å². The van der Waals surface area contributed by atoms with E-state index in [1.165, 1.54) is 0 Å². The molecule has 0 bridgehead atoms. The maximum Gasteiger partial charge on any atom is 0.333 e. The second-order valence-electron chi connectivity index (χ2n) is 4.78. The van der Waals surface area contributed by atoms with Crippen LogP contribution in [0.15, 0.2) is 18.2 Å². The average Bonchev–Trinajstić information content (AvgIpc) is 2.80. The summed E-state index contributed by atoms with van der Waals surface area (Å²) in [4.78, 5) is 10.9. The highest BCUT2D eigenvalue weighted by atomic mass is 32.2. The van der Waals surface area contributed by atoms with Crippen LogP contribution in [0.2, 0.25) is 0 Å². The Balaban J connectivity index is 2.27. The van der Waals surface area contributed by atoms with E-state index in [1.807, 2.05) is 25.6 Å². The van der Waals surface area contributed by atoms with Gasteiger partial charge in [-0.2, -0.15) is 11.8 Å². The van der Waals surface area contributed by atoms with Gasteiger partial charge in [-0.3, -0.25) is 10.1 Å². The van der Waals surface area contributed by atoms with E-state index >= 15 is 0 Å². The Morgan fingerprint density at radius 1 is 1.53 bits per heavy atom. The minimum Gasteiger partial charge on any atom is -0.484 e. The number of thioether (sulfide) groups is 1. The summed E-state index contributed by atoms with van der Waals surface area (Å²) in [6, 6.07) is 5.48. The minimum atomic E-state index is -0.373. The van der Waals surface area contributed by atoms with Crippen LogP contribution in [0.1, 0.15) is 20.3 Å². The quantitative estimate of drug-likeness (QED) is 0.663. The maximum atomic E-state index is 11.3. The van der Waals surface area contributed by atoms with Gasteiger partial charge in [-0.15, -0.1) is 0 Å². The molecule has 1 N–H and O–H groups in total. The van der Waals surface area contributed by atoms with Crippen LogP contribution in [0.3, 0.4) is 0 Å². The van der Waals surface area contributed by atoms with Crippen molar-refractivity contribution in [2.45, 2.75) is 32.4 Å². The number of para-hydroxylation sites is 1. The molecule has 0 saturated carbocycles. The van der Waals surface area contributed by atoms with Crippen LogP contribution in [-0.2, 0) is 0 Å². The molecule has 1 saturated heterocycles. The molecule has 0 radical (unpaired) electrons. The zero-order valence-electron chi connectivity index (χ0n) is 11.1. The summed E-state index contributed by atoms with van der Waals surface area (Å²) in [5.74, 6) is 2.43. The third-order valence-electron chi connectivity index (χ3n) is 2.83. The number of hydrogen-bond acceptors (Lipinski definition) is 5. The fourth-order valence-electron chi connectivity index (χ4n) is 2.04. The monoisotopic (exact) mass is 282 g/mol. The predicted octanol–water partition coefficient (Wildman–Crippen LogP) is 3.30. The highest BCUT2D eigenvalue weighted by Crippen LogP contribution is 2.36. The molecule has 1 atom stereocenters. The standard InChI is InChI=1S/C13H18N2O3S/c1-9(2)18-12-5-3-4-11(13(12)15(16)17)14-10-6-7-19-8-10/h3-5,9-10,14H,6-8H2,1-2H3. The highest BCUT2D eigenvalue weighted by Gasteiger charge is 2.24. The van der Waals surface area contributed by atoms with Crippen LogP contribution >= 0.6 is 11.8 Å². The molecule has 1 aromatic carbocycles. The van der Waals surface area contributed by atoms with E-state index in [4.69, 9.17) is 4.74 Å². The second-order valence-corrected chi connectivity index (χ2v) is 5.93. The van der Waals surface area contributed by atoms with Crippen molar-refractivity contribution in [3.05, 3.63) is 28.3 Å². The first-order valence-corrected chi connectivity index (χ1v) is 7.51. The molecule has 6 heteroatoms. The predicted molar refractivity (Wildman–Crippen MR) is 78.2 cm³/mol. The normalized spacial score (nSPS) is 18.6. The van der Waals surface area contributed by atoms with Crippen LogP contribution in [-0.4, -0.2) is 28.6 Å². The number of nitrogens with zero attached hydrogens (tertiary/aromatic N) is 1. The smallest absolute Gasteiger partial charge is 0.333 e. The molecule has 5 nitrogen and oxygen atoms in total. The number of nitro groups is 1. The number of hydrogen-bond donors (Lipinski definition) is 1. The Hall–Kier alpha value is -1.43. The lowest BCUT2D eigenvalue weighted by Gasteiger charge is -2.16. The van der Waals surface area contributed by atoms with Crippen molar-refractivity contribution >= 4 is 23.1 Å². The summed E-state index contributed by atoms with van der Waals surface area (Å²) in [6.07, 6.45) is 0.952. The summed E-state index contributed by atoms with van der Waals surface area (Å²) >= 11 is 1.87. The van der Waals surface area contributed by atoms with Crippen LogP contribution in [0, 0.1) is 10.1 Å². The first-order valence-electron chi connectivity index (χ1n) is 6.36. The maximum absolute atomic E-state index is 11.3. The molecule has 0 spiro atoms. The lowest BCUT2D eigenvalue weighted by molar-refractivity contribution is -0.385. The van der Waals surface area contributed by atoms with Crippen LogP contribution in [0.25, 0.3) is 0 Å². The number of nitrogens with one attached hydrogen (secondary N) is 1. The van der Waals surface area contributed by atoms with Gasteiger partial charge in [-0.25, -0.2) is 0 Å². The fourth-order valence-corrected chi connectivity index (χ4v) is 3.20. The molecule has 1 aromatic rings. The molecular weight excluding hydrogens is 264 g/mol. The first-order chi connectivity index (χ1) is 9.08. The van der Waals surface area contributed by atoms with E-state index in [0.717, 1.165) is 17.9 Å². The summed E-state index contributed by atoms with van der Waals surface area (Å²) in [6.45, 7) is 3.72. The highest BCUT2D eigenvalue weighted by molar-refractivity contribution is 7.99. The molecule has 1 aliphatic rings. The van der Waals surface area contributed by atoms with E-state index in [-0.39, 0.29) is 16.7 Å². The fraction of sp³-hybridized carbons (Fsp3) is 0.538. The van der Waals surface area contributed by atoms with Crippen LogP contribution in [0.5, 0.6) is 5.75 Å². The molecule has 1 unspecified atom stereocenters. The molecule has 0 aromatic heterocycles. The third-order valence-corrected chi connectivity index (χ3v) is 4.00. The van der Waals surface area contributed by atoms with E-state index < -0.39 is 0 Å². The second kappa shape index (κ2) is 6.14. The van der Waals surface area contributed by atoms with Crippen molar-refractivity contribution < 1.29 is 9.66 Å². The van der Waals surface area contributed by atoms with Gasteiger partial charge in [-0.05, 0) is 38.2 Å². The Kier molecular flexibility index (Phi) is 4.52. The first kappa shape index (κ1) is 14.0. The molecule has 1 heterocycles.